The number of aliphatic carboxylic acids is 1. The second kappa shape index (κ2) is 7.46. The van der Waals surface area contributed by atoms with E-state index < -0.39 is 17.8 Å². The minimum Gasteiger partial charge on any atom is -0.550 e. The average molecular weight is 278 g/mol. The van der Waals surface area contributed by atoms with Crippen molar-refractivity contribution in [1.29, 1.82) is 0 Å². The number of carboxylic acids is 1. The minimum absolute atomic E-state index is 0.103. The van der Waals surface area contributed by atoms with Gasteiger partial charge in [-0.25, -0.2) is 0 Å². The van der Waals surface area contributed by atoms with Crippen molar-refractivity contribution < 1.29 is 14.7 Å². The smallest absolute Gasteiger partial charge is 0.224 e. The molecule has 0 radical (unpaired) electrons. The van der Waals surface area contributed by atoms with Gasteiger partial charge in [0.05, 0.1) is 0 Å². The van der Waals surface area contributed by atoms with Gasteiger partial charge in [-0.3, -0.25) is 4.79 Å². The maximum absolute atomic E-state index is 12.3. The first-order valence-corrected chi connectivity index (χ1v) is 7.84. The van der Waals surface area contributed by atoms with Gasteiger partial charge in [-0.15, -0.1) is 0 Å². The average Bonchev–Trinajstić information content (AvgIpc) is 2.41. The number of rotatable bonds is 3. The zero-order chi connectivity index (χ0) is 14.4. The van der Waals surface area contributed by atoms with Crippen LogP contribution in [-0.4, -0.2) is 17.9 Å². The van der Waals surface area contributed by atoms with Crippen molar-refractivity contribution in [3.05, 3.63) is 12.2 Å². The monoisotopic (exact) mass is 278 g/mol. The van der Waals surface area contributed by atoms with E-state index in [-0.39, 0.29) is 11.9 Å². The summed E-state index contributed by atoms with van der Waals surface area (Å²) in [7, 11) is 0. The molecule has 2 rings (SSSR count). The van der Waals surface area contributed by atoms with Gasteiger partial charge >= 0.3 is 0 Å². The molecule has 1 N–H and O–H groups in total. The van der Waals surface area contributed by atoms with E-state index in [1.165, 1.54) is 19.3 Å². The van der Waals surface area contributed by atoms with Crippen molar-refractivity contribution in [2.45, 2.75) is 63.8 Å². The quantitative estimate of drug-likeness (QED) is 0.796. The van der Waals surface area contributed by atoms with Crippen molar-refractivity contribution in [2.24, 2.45) is 11.8 Å². The Kier molecular flexibility index (Phi) is 5.62. The highest BCUT2D eigenvalue weighted by Crippen LogP contribution is 2.26. The molecule has 1 saturated carbocycles. The number of nitrogens with one attached hydrogen (secondary N) is 1. The Balaban J connectivity index is 1.91. The summed E-state index contributed by atoms with van der Waals surface area (Å²) in [5, 5.41) is 14.2. The van der Waals surface area contributed by atoms with Crippen LogP contribution < -0.4 is 10.4 Å². The summed E-state index contributed by atoms with van der Waals surface area (Å²) in [6.07, 6.45) is 12.8. The maximum atomic E-state index is 12.3. The normalized spacial score (nSPS) is 28.4. The fourth-order valence-corrected chi connectivity index (χ4v) is 3.27. The molecule has 2 aliphatic carbocycles. The lowest BCUT2D eigenvalue weighted by atomic mass is 9.82. The molecule has 0 bridgehead atoms. The lowest BCUT2D eigenvalue weighted by Crippen LogP contribution is -2.46. The second-order valence-electron chi connectivity index (χ2n) is 6.03. The molecule has 1 fully saturated rings. The summed E-state index contributed by atoms with van der Waals surface area (Å²) < 4.78 is 0. The van der Waals surface area contributed by atoms with Crippen LogP contribution in [0.1, 0.15) is 57.8 Å². The Hall–Kier alpha value is -1.32. The Labute approximate surface area is 120 Å². The van der Waals surface area contributed by atoms with Crippen molar-refractivity contribution in [3.63, 3.8) is 0 Å². The number of carbonyl (C=O) groups excluding carboxylic acids is 2. The van der Waals surface area contributed by atoms with Gasteiger partial charge < -0.3 is 15.2 Å². The Morgan fingerprint density at radius 3 is 2.05 bits per heavy atom. The third-order valence-electron chi connectivity index (χ3n) is 4.52. The van der Waals surface area contributed by atoms with Crippen molar-refractivity contribution in [1.82, 2.24) is 5.32 Å². The molecule has 0 aliphatic heterocycles. The van der Waals surface area contributed by atoms with Crippen LogP contribution in [0.15, 0.2) is 12.2 Å². The number of carboxylic acid groups (broad SMARTS) is 1. The molecule has 2 unspecified atom stereocenters. The third kappa shape index (κ3) is 4.09. The van der Waals surface area contributed by atoms with Crippen LogP contribution in [0.2, 0.25) is 0 Å². The molecule has 0 aromatic heterocycles. The molecular weight excluding hydrogens is 254 g/mol. The molecule has 4 nitrogen and oxygen atoms in total. The fraction of sp³-hybridized carbons (Fsp3) is 0.750. The zero-order valence-electron chi connectivity index (χ0n) is 12.0. The molecule has 2 aliphatic rings. The third-order valence-corrected chi connectivity index (χ3v) is 4.52. The molecule has 0 saturated heterocycles. The van der Waals surface area contributed by atoms with E-state index in [9.17, 15) is 14.7 Å². The summed E-state index contributed by atoms with van der Waals surface area (Å²) in [5.74, 6) is -2.34. The van der Waals surface area contributed by atoms with Crippen molar-refractivity contribution in [3.8, 4) is 0 Å². The highest BCUT2D eigenvalue weighted by atomic mass is 16.4. The number of carbonyl (C=O) groups is 2. The van der Waals surface area contributed by atoms with Crippen LogP contribution in [-0.2, 0) is 9.59 Å². The number of allylic oxidation sites excluding steroid dienone is 2. The summed E-state index contributed by atoms with van der Waals surface area (Å²) in [6, 6.07) is 0.219. The van der Waals surface area contributed by atoms with E-state index >= 15 is 0 Å². The van der Waals surface area contributed by atoms with Gasteiger partial charge in [0.25, 0.3) is 0 Å². The van der Waals surface area contributed by atoms with E-state index in [0.29, 0.717) is 12.8 Å². The Bertz CT molecular complexity index is 370. The molecule has 0 aromatic carbocycles. The molecule has 0 spiro atoms. The first-order chi connectivity index (χ1) is 9.68. The van der Waals surface area contributed by atoms with Gasteiger partial charge in [0.2, 0.25) is 5.91 Å². The highest BCUT2D eigenvalue weighted by molar-refractivity contribution is 5.84. The maximum Gasteiger partial charge on any atom is 0.224 e. The zero-order valence-corrected chi connectivity index (χ0v) is 12.0. The second-order valence-corrected chi connectivity index (χ2v) is 6.03. The van der Waals surface area contributed by atoms with Crippen LogP contribution in [0.3, 0.4) is 0 Å². The van der Waals surface area contributed by atoms with Gasteiger partial charge in [-0.1, -0.05) is 44.3 Å². The SMILES string of the molecule is O=C([O-])C1CC=CCC1C(=O)NC1CCCCCCC1. The fourth-order valence-electron chi connectivity index (χ4n) is 3.27. The first-order valence-electron chi connectivity index (χ1n) is 7.84. The number of amides is 1. The minimum atomic E-state index is -1.10. The van der Waals surface area contributed by atoms with Crippen LogP contribution >= 0.6 is 0 Å². The van der Waals surface area contributed by atoms with Crippen LogP contribution in [0.5, 0.6) is 0 Å². The van der Waals surface area contributed by atoms with E-state index in [0.717, 1.165) is 25.7 Å². The molecule has 112 valence electrons. The molecule has 2 atom stereocenters. The van der Waals surface area contributed by atoms with Gasteiger partial charge in [-0.2, -0.15) is 0 Å². The lowest BCUT2D eigenvalue weighted by Gasteiger charge is -2.30. The van der Waals surface area contributed by atoms with E-state index in [1.54, 1.807) is 0 Å². The van der Waals surface area contributed by atoms with Gasteiger partial charge in [0.15, 0.2) is 0 Å². The molecular formula is C16H24NO3-. The summed E-state index contributed by atoms with van der Waals surface area (Å²) in [5.41, 5.74) is 0. The number of hydrogen-bond acceptors (Lipinski definition) is 3. The van der Waals surface area contributed by atoms with Gasteiger partial charge in [0, 0.05) is 23.8 Å². The van der Waals surface area contributed by atoms with Crippen molar-refractivity contribution in [2.75, 3.05) is 0 Å². The van der Waals surface area contributed by atoms with Gasteiger partial charge in [-0.05, 0) is 25.7 Å². The largest absolute Gasteiger partial charge is 0.550 e. The van der Waals surface area contributed by atoms with E-state index in [2.05, 4.69) is 5.32 Å². The molecule has 0 heterocycles. The van der Waals surface area contributed by atoms with Crippen LogP contribution in [0.4, 0.5) is 0 Å². The Morgan fingerprint density at radius 2 is 1.45 bits per heavy atom. The summed E-state index contributed by atoms with van der Waals surface area (Å²) in [6.45, 7) is 0. The topological polar surface area (TPSA) is 69.2 Å². The lowest BCUT2D eigenvalue weighted by molar-refractivity contribution is -0.313. The summed E-state index contributed by atoms with van der Waals surface area (Å²) >= 11 is 0. The van der Waals surface area contributed by atoms with E-state index in [1.807, 2.05) is 12.2 Å². The van der Waals surface area contributed by atoms with Gasteiger partial charge in [0.1, 0.15) is 0 Å². The molecule has 20 heavy (non-hydrogen) atoms. The standard InChI is InChI=1S/C16H25NO3/c18-15(13-10-6-7-11-14(13)16(19)20)17-12-8-4-2-1-3-5-9-12/h6-7,12-14H,1-5,8-11H2,(H,17,18)(H,19,20)/p-1. The van der Waals surface area contributed by atoms with Crippen LogP contribution in [0, 0.1) is 11.8 Å². The molecule has 1 amide bonds. The van der Waals surface area contributed by atoms with E-state index in [4.69, 9.17) is 0 Å². The molecule has 4 heteroatoms. The van der Waals surface area contributed by atoms with Crippen molar-refractivity contribution >= 4 is 11.9 Å². The highest BCUT2D eigenvalue weighted by Gasteiger charge is 2.30. The predicted molar refractivity (Wildman–Crippen MR) is 74.6 cm³/mol. The Morgan fingerprint density at radius 1 is 0.900 bits per heavy atom. The van der Waals surface area contributed by atoms with Crippen LogP contribution in [0.25, 0.3) is 0 Å². The predicted octanol–water partition coefficient (Wildman–Crippen LogP) is 1.55. The molecule has 0 aromatic rings. The summed E-state index contributed by atoms with van der Waals surface area (Å²) in [4.78, 5) is 23.5. The first kappa shape index (κ1) is 15.1. The number of hydrogen-bond donors (Lipinski definition) is 1.